The van der Waals surface area contributed by atoms with Crippen LogP contribution in [0.5, 0.6) is 0 Å². The largest absolute Gasteiger partial charge is 0.322 e. The number of nitrogens with zero attached hydrogens (tertiary/aromatic N) is 4. The Hall–Kier alpha value is -3.19. The summed E-state index contributed by atoms with van der Waals surface area (Å²) in [5.41, 5.74) is 2.82. The second kappa shape index (κ2) is 10.6. The summed E-state index contributed by atoms with van der Waals surface area (Å²) >= 11 is 0. The second-order valence-electron chi connectivity index (χ2n) is 9.70. The van der Waals surface area contributed by atoms with Crippen LogP contribution < -0.4 is 10.9 Å². The van der Waals surface area contributed by atoms with Crippen molar-refractivity contribution in [1.82, 2.24) is 19.4 Å². The zero-order chi connectivity index (χ0) is 25.1. The highest BCUT2D eigenvalue weighted by Crippen LogP contribution is 2.27. The Balaban J connectivity index is 1.50. The first kappa shape index (κ1) is 24.9. The molecule has 3 aromatic rings. The highest BCUT2D eigenvalue weighted by Gasteiger charge is 2.33. The van der Waals surface area contributed by atoms with Crippen LogP contribution in [0.25, 0.3) is 10.9 Å². The van der Waals surface area contributed by atoms with Crippen LogP contribution in [0, 0.1) is 0 Å². The number of hydrogen-bond donors (Lipinski definition) is 1. The van der Waals surface area contributed by atoms with Gasteiger partial charge in [0.1, 0.15) is 5.82 Å². The van der Waals surface area contributed by atoms with Gasteiger partial charge in [0.25, 0.3) is 5.56 Å². The molecule has 1 aromatic heterocycles. The Kier molecular flexibility index (Phi) is 7.55. The molecular weight excluding hydrogens is 438 g/mol. The van der Waals surface area contributed by atoms with E-state index in [9.17, 15) is 9.59 Å². The number of nitrogens with one attached hydrogen (secondary N) is 1. The molecule has 0 radical (unpaired) electrons. The molecular formula is C28H37N5O2. The van der Waals surface area contributed by atoms with Gasteiger partial charge in [0, 0.05) is 37.9 Å². The van der Waals surface area contributed by atoms with E-state index in [2.05, 4.69) is 50.0 Å². The third-order valence-electron chi connectivity index (χ3n) is 7.08. The van der Waals surface area contributed by atoms with Crippen LogP contribution in [0.1, 0.15) is 64.4 Å². The van der Waals surface area contributed by atoms with E-state index < -0.39 is 0 Å². The lowest BCUT2D eigenvalue weighted by Crippen LogP contribution is -2.56. The van der Waals surface area contributed by atoms with Crippen molar-refractivity contribution in [2.24, 2.45) is 0 Å². The highest BCUT2D eigenvalue weighted by molar-refractivity contribution is 5.89. The van der Waals surface area contributed by atoms with Gasteiger partial charge in [0.15, 0.2) is 0 Å². The van der Waals surface area contributed by atoms with E-state index in [-0.39, 0.29) is 23.7 Å². The fourth-order valence-electron chi connectivity index (χ4n) is 5.07. The normalized spacial score (nSPS) is 17.7. The third-order valence-corrected chi connectivity index (χ3v) is 7.08. The van der Waals surface area contributed by atoms with Gasteiger partial charge < -0.3 is 10.2 Å². The van der Waals surface area contributed by atoms with Gasteiger partial charge in [-0.05, 0) is 56.0 Å². The van der Waals surface area contributed by atoms with Crippen molar-refractivity contribution in [3.63, 3.8) is 0 Å². The first-order valence-electron chi connectivity index (χ1n) is 12.7. The Morgan fingerprint density at radius 3 is 2.43 bits per heavy atom. The highest BCUT2D eigenvalue weighted by atomic mass is 16.2. The number of carbonyl (C=O) groups is 1. The van der Waals surface area contributed by atoms with E-state index >= 15 is 0 Å². The van der Waals surface area contributed by atoms with E-state index in [4.69, 9.17) is 4.98 Å². The van der Waals surface area contributed by atoms with E-state index in [1.165, 1.54) is 5.56 Å². The number of urea groups is 1. The first-order valence-corrected chi connectivity index (χ1v) is 12.7. The van der Waals surface area contributed by atoms with Crippen molar-refractivity contribution < 1.29 is 4.79 Å². The summed E-state index contributed by atoms with van der Waals surface area (Å²) in [6.07, 6.45) is 0.839. The van der Waals surface area contributed by atoms with Gasteiger partial charge in [-0.2, -0.15) is 0 Å². The molecule has 1 saturated heterocycles. The summed E-state index contributed by atoms with van der Waals surface area (Å²) in [6.45, 7) is 13.2. The number of rotatable bonds is 6. The number of piperazine rings is 1. The van der Waals surface area contributed by atoms with Crippen LogP contribution in [0.2, 0.25) is 0 Å². The van der Waals surface area contributed by atoms with Gasteiger partial charge in [-0.25, -0.2) is 9.78 Å². The van der Waals surface area contributed by atoms with Gasteiger partial charge in [-0.3, -0.25) is 14.3 Å². The molecule has 2 heterocycles. The summed E-state index contributed by atoms with van der Waals surface area (Å²) in [7, 11) is 0. The summed E-state index contributed by atoms with van der Waals surface area (Å²) in [4.78, 5) is 35.4. The lowest BCUT2D eigenvalue weighted by molar-refractivity contribution is 0.0718. The molecule has 2 amide bonds. The molecule has 1 aliphatic rings. The lowest BCUT2D eigenvalue weighted by Gasteiger charge is -2.43. The zero-order valence-corrected chi connectivity index (χ0v) is 21.5. The number of fused-ring (bicyclic) bond motifs is 1. The Morgan fingerprint density at radius 2 is 1.80 bits per heavy atom. The Labute approximate surface area is 207 Å². The van der Waals surface area contributed by atoms with Crippen molar-refractivity contribution in [3.8, 4) is 0 Å². The number of carbonyl (C=O) groups excluding carboxylic acids is 1. The van der Waals surface area contributed by atoms with Crippen LogP contribution in [-0.4, -0.2) is 51.1 Å². The number of para-hydroxylation sites is 1. The zero-order valence-electron chi connectivity index (χ0n) is 21.5. The van der Waals surface area contributed by atoms with Gasteiger partial charge in [-0.15, -0.1) is 0 Å². The quantitative estimate of drug-likeness (QED) is 0.530. The second-order valence-corrected chi connectivity index (χ2v) is 9.70. The molecule has 35 heavy (non-hydrogen) atoms. The molecule has 1 aliphatic heterocycles. The molecule has 1 fully saturated rings. The topological polar surface area (TPSA) is 70.5 Å². The molecule has 0 aliphatic carbocycles. The summed E-state index contributed by atoms with van der Waals surface area (Å²) in [5.74, 6) is 1.27. The number of amides is 2. The van der Waals surface area contributed by atoms with Crippen LogP contribution in [0.4, 0.5) is 10.5 Å². The molecule has 0 spiro atoms. The molecule has 0 bridgehead atoms. The van der Waals surface area contributed by atoms with E-state index in [0.29, 0.717) is 24.4 Å². The molecule has 2 aromatic carbocycles. The molecule has 4 rings (SSSR count). The number of anilines is 1. The van der Waals surface area contributed by atoms with Gasteiger partial charge in [0.2, 0.25) is 0 Å². The molecule has 1 N–H and O–H groups in total. The minimum atomic E-state index is -0.0724. The monoisotopic (exact) mass is 475 g/mol. The van der Waals surface area contributed by atoms with E-state index in [1.807, 2.05) is 48.2 Å². The maximum Gasteiger partial charge on any atom is 0.322 e. The number of benzene rings is 2. The minimum absolute atomic E-state index is 0.0149. The molecule has 0 saturated carbocycles. The van der Waals surface area contributed by atoms with Crippen molar-refractivity contribution in [1.29, 1.82) is 0 Å². The van der Waals surface area contributed by atoms with Gasteiger partial charge >= 0.3 is 6.03 Å². The molecule has 186 valence electrons. The van der Waals surface area contributed by atoms with Gasteiger partial charge in [0.05, 0.1) is 16.9 Å². The van der Waals surface area contributed by atoms with Gasteiger partial charge in [-0.1, -0.05) is 45.0 Å². The minimum Gasteiger partial charge on any atom is -0.319 e. The van der Waals surface area contributed by atoms with Crippen LogP contribution in [0.15, 0.2) is 53.3 Å². The lowest BCUT2D eigenvalue weighted by atomic mass is 10.0. The number of aromatic nitrogens is 2. The molecule has 2 unspecified atom stereocenters. The average Bonchev–Trinajstić information content (AvgIpc) is 2.85. The van der Waals surface area contributed by atoms with Crippen molar-refractivity contribution in [2.75, 3.05) is 25.0 Å². The summed E-state index contributed by atoms with van der Waals surface area (Å²) < 4.78 is 1.81. The standard InChI is InChI=1S/C28H37N5O2/c1-6-25(26-30-24-11-9-8-10-23(24)27(34)32(26)7-2)31-16-17-33(20(5)18-31)28(35)29-22-14-12-21(13-15-22)19(3)4/h8-15,19-20,25H,6-7,16-18H2,1-5H3,(H,29,35). The smallest absolute Gasteiger partial charge is 0.319 e. The van der Waals surface area contributed by atoms with Crippen LogP contribution >= 0.6 is 0 Å². The van der Waals surface area contributed by atoms with E-state index in [0.717, 1.165) is 36.5 Å². The first-order chi connectivity index (χ1) is 16.8. The Morgan fingerprint density at radius 1 is 1.09 bits per heavy atom. The molecule has 7 nitrogen and oxygen atoms in total. The predicted octanol–water partition coefficient (Wildman–Crippen LogP) is 5.23. The molecule has 2 atom stereocenters. The fourth-order valence-corrected chi connectivity index (χ4v) is 5.07. The van der Waals surface area contributed by atoms with Crippen molar-refractivity contribution in [2.45, 2.75) is 65.6 Å². The predicted molar refractivity (Wildman–Crippen MR) is 142 cm³/mol. The Bertz CT molecular complexity index is 1230. The maximum absolute atomic E-state index is 13.2. The van der Waals surface area contributed by atoms with E-state index in [1.54, 1.807) is 4.57 Å². The van der Waals surface area contributed by atoms with Crippen LogP contribution in [0.3, 0.4) is 0 Å². The average molecular weight is 476 g/mol. The van der Waals surface area contributed by atoms with Crippen molar-refractivity contribution in [3.05, 3.63) is 70.3 Å². The third kappa shape index (κ3) is 5.10. The fraction of sp³-hybridized carbons (Fsp3) is 0.464. The van der Waals surface area contributed by atoms with Crippen LogP contribution in [-0.2, 0) is 6.54 Å². The van der Waals surface area contributed by atoms with Crippen molar-refractivity contribution >= 4 is 22.6 Å². The molecule has 7 heteroatoms. The number of hydrogen-bond acceptors (Lipinski definition) is 4. The summed E-state index contributed by atoms with van der Waals surface area (Å²) in [6, 6.07) is 15.6. The SMILES string of the molecule is CCC(c1nc2ccccc2c(=O)n1CC)N1CCN(C(=O)Nc2ccc(C(C)C)cc2)C(C)C1. The summed E-state index contributed by atoms with van der Waals surface area (Å²) in [5, 5.41) is 3.71. The maximum atomic E-state index is 13.2.